The van der Waals surface area contributed by atoms with Gasteiger partial charge in [-0.2, -0.15) is 0 Å². The molecule has 0 unspecified atom stereocenters. The van der Waals surface area contributed by atoms with Gasteiger partial charge in [0.05, 0.1) is 0 Å². The summed E-state index contributed by atoms with van der Waals surface area (Å²) < 4.78 is 0. The van der Waals surface area contributed by atoms with Crippen molar-refractivity contribution in [3.8, 4) is 11.1 Å². The Morgan fingerprint density at radius 3 is 2.14 bits per heavy atom. The molecule has 0 bridgehead atoms. The van der Waals surface area contributed by atoms with Crippen molar-refractivity contribution in [2.45, 2.75) is 16.2 Å². The van der Waals surface area contributed by atoms with E-state index >= 15 is 0 Å². The molecule has 0 amide bonds. The molecule has 0 atom stereocenters. The van der Waals surface area contributed by atoms with E-state index in [1.807, 2.05) is 6.07 Å². The quantitative estimate of drug-likeness (QED) is 0.712. The van der Waals surface area contributed by atoms with Crippen LogP contribution in [0.3, 0.4) is 0 Å². The van der Waals surface area contributed by atoms with E-state index in [1.54, 1.807) is 11.8 Å². The minimum Gasteiger partial charge on any atom is -0.396 e. The fourth-order valence-electron chi connectivity index (χ4n) is 2.39. The fourth-order valence-corrected chi connectivity index (χ4v) is 3.36. The molecule has 3 aromatic rings. The molecule has 0 saturated heterocycles. The van der Waals surface area contributed by atoms with Crippen molar-refractivity contribution in [3.05, 3.63) is 84.4 Å². The monoisotopic (exact) mass is 306 g/mol. The number of rotatable bonds is 5. The Kier molecular flexibility index (Phi) is 4.94. The topological polar surface area (TPSA) is 20.2 Å². The Hall–Kier alpha value is -2.03. The van der Waals surface area contributed by atoms with Gasteiger partial charge >= 0.3 is 0 Å². The fraction of sp³-hybridized carbons (Fsp3) is 0.100. The zero-order valence-corrected chi connectivity index (χ0v) is 13.1. The summed E-state index contributed by atoms with van der Waals surface area (Å²) in [5.74, 6) is 0. The van der Waals surface area contributed by atoms with Gasteiger partial charge in [0.25, 0.3) is 0 Å². The first-order valence-corrected chi connectivity index (χ1v) is 8.20. The lowest BCUT2D eigenvalue weighted by Gasteiger charge is -2.10. The maximum atomic E-state index is 8.98. The van der Waals surface area contributed by atoms with Crippen LogP contribution in [-0.2, 0) is 6.42 Å². The number of aliphatic hydroxyl groups is 1. The van der Waals surface area contributed by atoms with E-state index in [2.05, 4.69) is 72.8 Å². The molecule has 1 nitrogen and oxygen atoms in total. The van der Waals surface area contributed by atoms with Gasteiger partial charge in [-0.25, -0.2) is 0 Å². The van der Waals surface area contributed by atoms with Gasteiger partial charge in [-0.05, 0) is 41.3 Å². The maximum absolute atomic E-state index is 8.98. The van der Waals surface area contributed by atoms with Crippen LogP contribution in [0.5, 0.6) is 0 Å². The molecule has 0 aliphatic heterocycles. The van der Waals surface area contributed by atoms with E-state index in [4.69, 9.17) is 5.11 Å². The zero-order valence-electron chi connectivity index (χ0n) is 12.3. The summed E-state index contributed by atoms with van der Waals surface area (Å²) in [6, 6.07) is 27.4. The second kappa shape index (κ2) is 7.30. The third-order valence-electron chi connectivity index (χ3n) is 3.52. The van der Waals surface area contributed by atoms with E-state index in [1.165, 1.54) is 26.5 Å². The van der Waals surface area contributed by atoms with Gasteiger partial charge in [0.1, 0.15) is 0 Å². The van der Waals surface area contributed by atoms with Gasteiger partial charge in [-0.15, -0.1) is 0 Å². The Morgan fingerprint density at radius 1 is 0.727 bits per heavy atom. The van der Waals surface area contributed by atoms with Gasteiger partial charge in [0, 0.05) is 16.4 Å². The Balaban J connectivity index is 1.86. The van der Waals surface area contributed by atoms with Gasteiger partial charge in [-0.3, -0.25) is 0 Å². The minimum absolute atomic E-state index is 0.198. The number of aliphatic hydroxyl groups excluding tert-OH is 1. The Morgan fingerprint density at radius 2 is 1.41 bits per heavy atom. The molecule has 110 valence electrons. The molecule has 0 aromatic heterocycles. The van der Waals surface area contributed by atoms with Crippen LogP contribution in [0.4, 0.5) is 0 Å². The first-order chi connectivity index (χ1) is 10.9. The van der Waals surface area contributed by atoms with Crippen LogP contribution >= 0.6 is 11.8 Å². The van der Waals surface area contributed by atoms with Crippen LogP contribution in [0.25, 0.3) is 11.1 Å². The average molecular weight is 306 g/mol. The summed E-state index contributed by atoms with van der Waals surface area (Å²) in [7, 11) is 0. The van der Waals surface area contributed by atoms with Crippen LogP contribution in [0.15, 0.2) is 88.7 Å². The standard InChI is InChI=1S/C20H18OS/c21-15-14-16-10-12-18(13-11-16)22-20-9-5-4-8-19(20)17-6-2-1-3-7-17/h1-13,21H,14-15H2. The highest BCUT2D eigenvalue weighted by molar-refractivity contribution is 7.99. The highest BCUT2D eigenvalue weighted by atomic mass is 32.2. The van der Waals surface area contributed by atoms with E-state index in [-0.39, 0.29) is 6.61 Å². The largest absolute Gasteiger partial charge is 0.396 e. The lowest BCUT2D eigenvalue weighted by Crippen LogP contribution is -1.89. The molecule has 3 aromatic carbocycles. The van der Waals surface area contributed by atoms with Crippen LogP contribution in [0.2, 0.25) is 0 Å². The molecule has 0 aliphatic rings. The van der Waals surface area contributed by atoms with Crippen molar-refractivity contribution in [3.63, 3.8) is 0 Å². The molecule has 0 heterocycles. The van der Waals surface area contributed by atoms with E-state index in [0.29, 0.717) is 6.42 Å². The van der Waals surface area contributed by atoms with Crippen molar-refractivity contribution in [2.75, 3.05) is 6.61 Å². The van der Waals surface area contributed by atoms with Crippen molar-refractivity contribution >= 4 is 11.8 Å². The molecule has 0 saturated carbocycles. The van der Waals surface area contributed by atoms with Crippen LogP contribution in [0.1, 0.15) is 5.56 Å². The molecular weight excluding hydrogens is 288 g/mol. The minimum atomic E-state index is 0.198. The van der Waals surface area contributed by atoms with Crippen LogP contribution < -0.4 is 0 Å². The highest BCUT2D eigenvalue weighted by Crippen LogP contribution is 2.35. The first-order valence-electron chi connectivity index (χ1n) is 7.39. The summed E-state index contributed by atoms with van der Waals surface area (Å²) in [6.45, 7) is 0.198. The van der Waals surface area contributed by atoms with E-state index in [9.17, 15) is 0 Å². The molecule has 2 heteroatoms. The predicted molar refractivity (Wildman–Crippen MR) is 93.2 cm³/mol. The Bertz CT molecular complexity index is 720. The molecule has 0 spiro atoms. The predicted octanol–water partition coefficient (Wildman–Crippen LogP) is 5.04. The maximum Gasteiger partial charge on any atom is 0.0471 e. The van der Waals surface area contributed by atoms with Gasteiger partial charge < -0.3 is 5.11 Å². The van der Waals surface area contributed by atoms with Crippen molar-refractivity contribution in [1.82, 2.24) is 0 Å². The van der Waals surface area contributed by atoms with Gasteiger partial charge in [-0.1, -0.05) is 72.4 Å². The number of hydrogen-bond donors (Lipinski definition) is 1. The molecule has 0 radical (unpaired) electrons. The Labute approximate surface area is 135 Å². The first kappa shape index (κ1) is 14.9. The second-order valence-corrected chi connectivity index (χ2v) is 6.20. The second-order valence-electron chi connectivity index (χ2n) is 5.08. The van der Waals surface area contributed by atoms with E-state index in [0.717, 1.165) is 0 Å². The van der Waals surface area contributed by atoms with Crippen LogP contribution in [-0.4, -0.2) is 11.7 Å². The van der Waals surface area contributed by atoms with Crippen molar-refractivity contribution < 1.29 is 5.11 Å². The lowest BCUT2D eigenvalue weighted by molar-refractivity contribution is 0.299. The normalized spacial score (nSPS) is 10.6. The molecule has 3 rings (SSSR count). The molecule has 0 fully saturated rings. The molecule has 1 N–H and O–H groups in total. The third kappa shape index (κ3) is 3.59. The smallest absolute Gasteiger partial charge is 0.0471 e. The SMILES string of the molecule is OCCc1ccc(Sc2ccccc2-c2ccccc2)cc1. The third-order valence-corrected chi connectivity index (χ3v) is 4.61. The summed E-state index contributed by atoms with van der Waals surface area (Å²) in [4.78, 5) is 2.47. The van der Waals surface area contributed by atoms with Gasteiger partial charge in [0.15, 0.2) is 0 Å². The summed E-state index contributed by atoms with van der Waals surface area (Å²) in [6.07, 6.45) is 0.714. The molecule has 0 aliphatic carbocycles. The highest BCUT2D eigenvalue weighted by Gasteiger charge is 2.06. The van der Waals surface area contributed by atoms with Gasteiger partial charge in [0.2, 0.25) is 0 Å². The summed E-state index contributed by atoms with van der Waals surface area (Å²) >= 11 is 1.77. The lowest BCUT2D eigenvalue weighted by atomic mass is 10.1. The average Bonchev–Trinajstić information content (AvgIpc) is 2.58. The van der Waals surface area contributed by atoms with Crippen LogP contribution in [0, 0.1) is 0 Å². The van der Waals surface area contributed by atoms with E-state index < -0.39 is 0 Å². The summed E-state index contributed by atoms with van der Waals surface area (Å²) in [5, 5.41) is 8.98. The van der Waals surface area contributed by atoms with Crippen molar-refractivity contribution in [2.24, 2.45) is 0 Å². The number of hydrogen-bond acceptors (Lipinski definition) is 2. The summed E-state index contributed by atoms with van der Waals surface area (Å²) in [5.41, 5.74) is 3.67. The molecular formula is C20H18OS. The number of benzene rings is 3. The molecule has 22 heavy (non-hydrogen) atoms. The van der Waals surface area contributed by atoms with Crippen molar-refractivity contribution in [1.29, 1.82) is 0 Å². The zero-order chi connectivity index (χ0) is 15.2.